The topological polar surface area (TPSA) is 29.9 Å². The number of likely N-dealkylation sites (N-methyl/N-ethyl adjacent to an activating group) is 1. The summed E-state index contributed by atoms with van der Waals surface area (Å²) in [5.74, 6) is 1.32. The van der Waals surface area contributed by atoms with E-state index in [1.54, 1.807) is 0 Å². The highest BCUT2D eigenvalue weighted by Gasteiger charge is 2.17. The average Bonchev–Trinajstić information content (AvgIpc) is 2.64. The van der Waals surface area contributed by atoms with E-state index in [0.717, 1.165) is 19.4 Å². The van der Waals surface area contributed by atoms with Gasteiger partial charge in [-0.3, -0.25) is 0 Å². The maximum absolute atomic E-state index is 4.76. The van der Waals surface area contributed by atoms with Gasteiger partial charge in [0.15, 0.2) is 0 Å². The van der Waals surface area contributed by atoms with Gasteiger partial charge in [-0.2, -0.15) is 0 Å². The van der Waals surface area contributed by atoms with Crippen LogP contribution in [0.25, 0.3) is 0 Å². The second-order valence-corrected chi connectivity index (χ2v) is 4.24. The van der Waals surface area contributed by atoms with Crippen LogP contribution in [0.15, 0.2) is 0 Å². The summed E-state index contributed by atoms with van der Waals surface area (Å²) < 4.78 is 2.46. The largest absolute Gasteiger partial charge is 0.332 e. The highest BCUT2D eigenvalue weighted by molar-refractivity contribution is 5.19. The molecule has 2 rings (SSSR count). The Balaban J connectivity index is 2.27. The van der Waals surface area contributed by atoms with Crippen LogP contribution in [0.4, 0.5) is 0 Å². The van der Waals surface area contributed by atoms with Crippen molar-refractivity contribution < 1.29 is 0 Å². The Labute approximate surface area is 91.9 Å². The van der Waals surface area contributed by atoms with Crippen molar-refractivity contribution in [3.8, 4) is 0 Å². The van der Waals surface area contributed by atoms with Crippen LogP contribution >= 0.6 is 0 Å². The van der Waals surface area contributed by atoms with Gasteiger partial charge in [-0.05, 0) is 26.3 Å². The predicted molar refractivity (Wildman–Crippen MR) is 62.2 cm³/mol. The summed E-state index contributed by atoms with van der Waals surface area (Å²) in [7, 11) is 2.01. The number of imidazole rings is 1. The quantitative estimate of drug-likeness (QED) is 0.811. The van der Waals surface area contributed by atoms with Crippen molar-refractivity contribution in [3.63, 3.8) is 0 Å². The molecule has 0 amide bonds. The zero-order valence-corrected chi connectivity index (χ0v) is 9.84. The smallest absolute Gasteiger partial charge is 0.109 e. The number of hydrogen-bond donors (Lipinski definition) is 1. The Morgan fingerprint density at radius 3 is 3.00 bits per heavy atom. The molecule has 0 aromatic carbocycles. The normalized spacial score (nSPS) is 15.3. The number of rotatable bonds is 4. The van der Waals surface area contributed by atoms with Gasteiger partial charge in [0, 0.05) is 31.6 Å². The van der Waals surface area contributed by atoms with Crippen LogP contribution in [0.5, 0.6) is 0 Å². The Bertz CT molecular complexity index is 328. The first-order valence-electron chi connectivity index (χ1n) is 6.08. The molecule has 1 aromatic heterocycles. The van der Waals surface area contributed by atoms with Gasteiger partial charge in [-0.15, -0.1) is 0 Å². The van der Waals surface area contributed by atoms with E-state index < -0.39 is 0 Å². The van der Waals surface area contributed by atoms with E-state index in [2.05, 4.69) is 16.8 Å². The van der Waals surface area contributed by atoms with Gasteiger partial charge in [0.2, 0.25) is 0 Å². The molecule has 0 spiro atoms. The first kappa shape index (κ1) is 10.7. The minimum absolute atomic E-state index is 1.05. The first-order valence-corrected chi connectivity index (χ1v) is 6.08. The van der Waals surface area contributed by atoms with Gasteiger partial charge in [-0.1, -0.05) is 6.92 Å². The molecular formula is C12H21N3. The molecule has 2 heterocycles. The van der Waals surface area contributed by atoms with Crippen LogP contribution in [0, 0.1) is 0 Å². The average molecular weight is 207 g/mol. The van der Waals surface area contributed by atoms with E-state index in [-0.39, 0.29) is 0 Å². The van der Waals surface area contributed by atoms with Crippen molar-refractivity contribution in [2.75, 3.05) is 13.6 Å². The van der Waals surface area contributed by atoms with Gasteiger partial charge in [-0.25, -0.2) is 4.98 Å². The molecule has 1 aromatic rings. The molecule has 1 N–H and O–H groups in total. The fourth-order valence-corrected chi connectivity index (χ4v) is 2.41. The number of aryl methyl sites for hydroxylation is 2. The maximum atomic E-state index is 4.76. The summed E-state index contributed by atoms with van der Waals surface area (Å²) >= 11 is 0. The molecule has 84 valence electrons. The van der Waals surface area contributed by atoms with E-state index in [0.29, 0.717) is 0 Å². The third-order valence-corrected chi connectivity index (χ3v) is 3.21. The molecule has 0 saturated heterocycles. The second kappa shape index (κ2) is 4.79. The van der Waals surface area contributed by atoms with Crippen LogP contribution in [0.2, 0.25) is 0 Å². The number of aromatic nitrogens is 2. The lowest BCUT2D eigenvalue weighted by Gasteiger charge is -2.16. The summed E-state index contributed by atoms with van der Waals surface area (Å²) in [5, 5.41) is 3.22. The number of nitrogens with zero attached hydrogens (tertiary/aromatic N) is 2. The lowest BCUT2D eigenvalue weighted by atomic mass is 10.1. The molecule has 0 aliphatic carbocycles. The Kier molecular flexibility index (Phi) is 3.41. The van der Waals surface area contributed by atoms with Gasteiger partial charge in [0.25, 0.3) is 0 Å². The third kappa shape index (κ3) is 2.07. The van der Waals surface area contributed by atoms with Crippen molar-refractivity contribution in [2.24, 2.45) is 0 Å². The minimum Gasteiger partial charge on any atom is -0.332 e. The van der Waals surface area contributed by atoms with Gasteiger partial charge in [0.1, 0.15) is 5.82 Å². The summed E-state index contributed by atoms with van der Waals surface area (Å²) in [6, 6.07) is 0. The SMILES string of the molecule is CCc1nc2n(c1CCNC)CCCC2. The fourth-order valence-electron chi connectivity index (χ4n) is 2.41. The highest BCUT2D eigenvalue weighted by atomic mass is 15.1. The Hall–Kier alpha value is -0.830. The second-order valence-electron chi connectivity index (χ2n) is 4.24. The lowest BCUT2D eigenvalue weighted by Crippen LogP contribution is -2.17. The minimum atomic E-state index is 1.05. The van der Waals surface area contributed by atoms with Crippen LogP contribution < -0.4 is 5.32 Å². The summed E-state index contributed by atoms with van der Waals surface area (Å²) in [4.78, 5) is 4.76. The molecule has 1 aliphatic rings. The molecule has 1 aliphatic heterocycles. The standard InChI is InChI=1S/C12H21N3/c1-3-10-11(7-8-13-2)15-9-5-4-6-12(15)14-10/h13H,3-9H2,1-2H3. The predicted octanol–water partition coefficient (Wildman–Crippen LogP) is 1.54. The number of fused-ring (bicyclic) bond motifs is 1. The Morgan fingerprint density at radius 1 is 1.40 bits per heavy atom. The fraction of sp³-hybridized carbons (Fsp3) is 0.750. The molecule has 3 nitrogen and oxygen atoms in total. The van der Waals surface area contributed by atoms with E-state index in [4.69, 9.17) is 4.98 Å². The van der Waals surface area contributed by atoms with Crippen molar-refractivity contribution in [3.05, 3.63) is 17.2 Å². The molecular weight excluding hydrogens is 186 g/mol. The maximum Gasteiger partial charge on any atom is 0.109 e. The van der Waals surface area contributed by atoms with Gasteiger partial charge < -0.3 is 9.88 Å². The summed E-state index contributed by atoms with van der Waals surface area (Å²) in [5.41, 5.74) is 2.80. The third-order valence-electron chi connectivity index (χ3n) is 3.21. The molecule has 15 heavy (non-hydrogen) atoms. The lowest BCUT2D eigenvalue weighted by molar-refractivity contribution is 0.506. The van der Waals surface area contributed by atoms with E-state index >= 15 is 0 Å². The van der Waals surface area contributed by atoms with Crippen molar-refractivity contribution in [1.29, 1.82) is 0 Å². The molecule has 0 unspecified atom stereocenters. The van der Waals surface area contributed by atoms with Crippen LogP contribution in [-0.2, 0) is 25.8 Å². The van der Waals surface area contributed by atoms with Crippen LogP contribution in [-0.4, -0.2) is 23.1 Å². The van der Waals surface area contributed by atoms with E-state index in [9.17, 15) is 0 Å². The molecule has 0 radical (unpaired) electrons. The highest BCUT2D eigenvalue weighted by Crippen LogP contribution is 2.20. The number of hydrogen-bond acceptors (Lipinski definition) is 2. The number of nitrogens with one attached hydrogen (secondary N) is 1. The molecule has 0 fully saturated rings. The van der Waals surface area contributed by atoms with E-state index in [1.807, 2.05) is 7.05 Å². The van der Waals surface area contributed by atoms with Crippen molar-refractivity contribution >= 4 is 0 Å². The monoisotopic (exact) mass is 207 g/mol. The summed E-state index contributed by atoms with van der Waals surface area (Å²) in [6.45, 7) is 4.44. The zero-order valence-electron chi connectivity index (χ0n) is 9.84. The summed E-state index contributed by atoms with van der Waals surface area (Å²) in [6.07, 6.45) is 5.99. The van der Waals surface area contributed by atoms with Crippen molar-refractivity contribution in [1.82, 2.24) is 14.9 Å². The van der Waals surface area contributed by atoms with Crippen LogP contribution in [0.3, 0.4) is 0 Å². The van der Waals surface area contributed by atoms with Gasteiger partial charge >= 0.3 is 0 Å². The van der Waals surface area contributed by atoms with Crippen LogP contribution in [0.1, 0.15) is 37.0 Å². The van der Waals surface area contributed by atoms with Gasteiger partial charge in [0.05, 0.1) is 5.69 Å². The van der Waals surface area contributed by atoms with Crippen molar-refractivity contribution in [2.45, 2.75) is 45.6 Å². The Morgan fingerprint density at radius 2 is 2.27 bits per heavy atom. The molecule has 0 atom stereocenters. The molecule has 0 saturated carbocycles. The molecule has 0 bridgehead atoms. The van der Waals surface area contributed by atoms with E-state index in [1.165, 1.54) is 43.0 Å². The molecule has 3 heteroatoms. The first-order chi connectivity index (χ1) is 7.36. The zero-order chi connectivity index (χ0) is 10.7.